The summed E-state index contributed by atoms with van der Waals surface area (Å²) < 4.78 is 1.05. The van der Waals surface area contributed by atoms with Gasteiger partial charge in [-0.1, -0.05) is 40.2 Å². The zero-order valence-corrected chi connectivity index (χ0v) is 20.5. The number of aromatic nitrogens is 2. The van der Waals surface area contributed by atoms with E-state index < -0.39 is 0 Å². The Bertz CT molecular complexity index is 1100. The van der Waals surface area contributed by atoms with Gasteiger partial charge in [-0.25, -0.2) is 9.97 Å². The summed E-state index contributed by atoms with van der Waals surface area (Å²) in [4.78, 5) is 25.6. The Kier molecular flexibility index (Phi) is 6.40. The second-order valence-electron chi connectivity index (χ2n) is 8.81. The second-order valence-corrected chi connectivity index (χ2v) is 10.7. The zero-order valence-electron chi connectivity index (χ0n) is 18.1. The standard InChI is InChI=1S/C25H27BrN4OS/c1-16-28-23(20-6-2-3-7-22(20)26)13-24(29-16)21-15-30-9-8-17(21)11-18(30)14-27-25(31)12-19-5-4-10-32-19/h2-7,10,13,17-18,21H,8-9,11-12,14-15H2,1H3,(H,27,31)/t17-,18+,21-/m0/s1. The maximum absolute atomic E-state index is 12.3. The molecule has 3 aromatic rings. The van der Waals surface area contributed by atoms with Gasteiger partial charge in [0.1, 0.15) is 5.82 Å². The van der Waals surface area contributed by atoms with Crippen molar-refractivity contribution in [2.45, 2.75) is 38.1 Å². The van der Waals surface area contributed by atoms with Crippen molar-refractivity contribution in [1.29, 1.82) is 0 Å². The molecule has 166 valence electrons. The zero-order chi connectivity index (χ0) is 22.1. The van der Waals surface area contributed by atoms with Crippen molar-refractivity contribution in [1.82, 2.24) is 20.2 Å². The number of fused-ring (bicyclic) bond motifs is 3. The summed E-state index contributed by atoms with van der Waals surface area (Å²) in [7, 11) is 0. The molecule has 3 aliphatic rings. The Morgan fingerprint density at radius 2 is 2.12 bits per heavy atom. The van der Waals surface area contributed by atoms with Gasteiger partial charge in [0.05, 0.1) is 12.1 Å². The summed E-state index contributed by atoms with van der Waals surface area (Å²) in [6.45, 7) is 4.82. The number of nitrogens with zero attached hydrogens (tertiary/aromatic N) is 3. The van der Waals surface area contributed by atoms with Crippen LogP contribution in [0.25, 0.3) is 11.3 Å². The molecule has 5 heterocycles. The van der Waals surface area contributed by atoms with Crippen LogP contribution in [0.1, 0.15) is 35.2 Å². The van der Waals surface area contributed by atoms with Gasteiger partial charge in [0.25, 0.3) is 0 Å². The van der Waals surface area contributed by atoms with E-state index in [1.54, 1.807) is 11.3 Å². The van der Waals surface area contributed by atoms with E-state index in [9.17, 15) is 4.79 Å². The monoisotopic (exact) mass is 510 g/mol. The summed E-state index contributed by atoms with van der Waals surface area (Å²) in [5.74, 6) is 1.96. The average molecular weight is 511 g/mol. The fraction of sp³-hybridized carbons (Fsp3) is 0.400. The van der Waals surface area contributed by atoms with Crippen molar-refractivity contribution in [3.8, 4) is 11.3 Å². The smallest absolute Gasteiger partial charge is 0.225 e. The van der Waals surface area contributed by atoms with Gasteiger partial charge in [-0.3, -0.25) is 9.69 Å². The van der Waals surface area contributed by atoms with E-state index in [2.05, 4.69) is 44.3 Å². The Morgan fingerprint density at radius 3 is 2.88 bits per heavy atom. The number of thiophene rings is 1. The highest BCUT2D eigenvalue weighted by Gasteiger charge is 2.41. The number of halogens is 1. The van der Waals surface area contributed by atoms with Gasteiger partial charge >= 0.3 is 0 Å². The number of piperidine rings is 3. The lowest BCUT2D eigenvalue weighted by molar-refractivity contribution is -0.120. The molecule has 0 spiro atoms. The highest BCUT2D eigenvalue weighted by atomic mass is 79.9. The highest BCUT2D eigenvalue weighted by Crippen LogP contribution is 2.42. The highest BCUT2D eigenvalue weighted by molar-refractivity contribution is 9.10. The van der Waals surface area contributed by atoms with Crippen LogP contribution >= 0.6 is 27.3 Å². The van der Waals surface area contributed by atoms with Crippen LogP contribution in [0.4, 0.5) is 0 Å². The lowest BCUT2D eigenvalue weighted by Crippen LogP contribution is -2.56. The van der Waals surface area contributed by atoms with Gasteiger partial charge in [-0.05, 0) is 55.8 Å². The molecule has 5 nitrogen and oxygen atoms in total. The molecule has 1 amide bonds. The quantitative estimate of drug-likeness (QED) is 0.516. The molecule has 0 saturated carbocycles. The van der Waals surface area contributed by atoms with Gasteiger partial charge in [0.2, 0.25) is 5.91 Å². The Balaban J connectivity index is 1.27. The average Bonchev–Trinajstić information content (AvgIpc) is 3.31. The fourth-order valence-corrected chi connectivity index (χ4v) is 6.33. The van der Waals surface area contributed by atoms with Crippen molar-refractivity contribution in [2.24, 2.45) is 5.92 Å². The minimum absolute atomic E-state index is 0.121. The number of carbonyl (C=O) groups is 1. The molecule has 32 heavy (non-hydrogen) atoms. The molecule has 3 fully saturated rings. The molecule has 6 rings (SSSR count). The van der Waals surface area contributed by atoms with E-state index >= 15 is 0 Å². The van der Waals surface area contributed by atoms with E-state index in [1.165, 1.54) is 6.42 Å². The first-order valence-electron chi connectivity index (χ1n) is 11.2. The molecular weight excluding hydrogens is 484 g/mol. The van der Waals surface area contributed by atoms with Gasteiger partial charge < -0.3 is 5.32 Å². The summed E-state index contributed by atoms with van der Waals surface area (Å²) in [5.41, 5.74) is 3.24. The van der Waals surface area contributed by atoms with E-state index in [4.69, 9.17) is 9.97 Å². The first kappa shape index (κ1) is 21.7. The Labute approximate surface area is 201 Å². The summed E-state index contributed by atoms with van der Waals surface area (Å²) >= 11 is 5.30. The van der Waals surface area contributed by atoms with Crippen LogP contribution in [0.2, 0.25) is 0 Å². The number of aryl methyl sites for hydroxylation is 1. The molecular formula is C25H27BrN4OS. The number of nitrogens with one attached hydrogen (secondary N) is 1. The molecule has 3 saturated heterocycles. The molecule has 7 heteroatoms. The molecule has 0 aliphatic carbocycles. The van der Waals surface area contributed by atoms with Crippen molar-refractivity contribution < 1.29 is 4.79 Å². The molecule has 1 N–H and O–H groups in total. The van der Waals surface area contributed by atoms with Crippen LogP contribution in [-0.2, 0) is 11.2 Å². The van der Waals surface area contributed by atoms with E-state index in [1.807, 2.05) is 36.6 Å². The van der Waals surface area contributed by atoms with E-state index in [0.29, 0.717) is 24.3 Å². The minimum Gasteiger partial charge on any atom is -0.354 e. The van der Waals surface area contributed by atoms with Crippen LogP contribution in [0, 0.1) is 12.8 Å². The number of carbonyl (C=O) groups excluding carboxylic acids is 1. The van der Waals surface area contributed by atoms with Gasteiger partial charge in [0, 0.05) is 45.7 Å². The molecule has 1 aromatic carbocycles. The van der Waals surface area contributed by atoms with Crippen molar-refractivity contribution in [2.75, 3.05) is 19.6 Å². The first-order valence-corrected chi connectivity index (χ1v) is 12.9. The normalized spacial score (nSPS) is 24.4. The lowest BCUT2D eigenvalue weighted by atomic mass is 9.74. The second kappa shape index (κ2) is 9.41. The van der Waals surface area contributed by atoms with Gasteiger partial charge in [-0.15, -0.1) is 11.3 Å². The largest absolute Gasteiger partial charge is 0.354 e. The molecule has 2 aromatic heterocycles. The number of rotatable bonds is 6. The fourth-order valence-electron chi connectivity index (χ4n) is 5.14. The summed E-state index contributed by atoms with van der Waals surface area (Å²) in [6, 6.07) is 14.8. The predicted molar refractivity (Wildman–Crippen MR) is 132 cm³/mol. The van der Waals surface area contributed by atoms with Gasteiger partial charge in [0.15, 0.2) is 0 Å². The molecule has 4 atom stereocenters. The maximum atomic E-state index is 12.3. The molecule has 1 unspecified atom stereocenters. The van der Waals surface area contributed by atoms with Crippen molar-refractivity contribution >= 4 is 33.2 Å². The van der Waals surface area contributed by atoms with Crippen LogP contribution in [0.3, 0.4) is 0 Å². The minimum atomic E-state index is 0.121. The lowest BCUT2D eigenvalue weighted by Gasteiger charge is -2.49. The first-order chi connectivity index (χ1) is 15.6. The third-order valence-corrected chi connectivity index (χ3v) is 8.28. The third-order valence-electron chi connectivity index (χ3n) is 6.72. The number of amides is 1. The van der Waals surface area contributed by atoms with Crippen LogP contribution in [0.15, 0.2) is 52.3 Å². The number of hydrogen-bond donors (Lipinski definition) is 1. The van der Waals surface area contributed by atoms with Crippen LogP contribution < -0.4 is 5.32 Å². The Hall–Kier alpha value is -2.09. The van der Waals surface area contributed by atoms with Gasteiger partial charge in [-0.2, -0.15) is 0 Å². The molecule has 3 aliphatic heterocycles. The van der Waals surface area contributed by atoms with Crippen molar-refractivity contribution in [3.63, 3.8) is 0 Å². The SMILES string of the molecule is Cc1nc(-c2ccccc2Br)cc([C@H]2CN3CC[C@H]2C[C@@H]3CNC(=O)Cc2cccs2)n1. The molecule has 2 bridgehead atoms. The Morgan fingerprint density at radius 1 is 1.25 bits per heavy atom. The van der Waals surface area contributed by atoms with Crippen molar-refractivity contribution in [3.05, 3.63) is 68.7 Å². The maximum Gasteiger partial charge on any atom is 0.225 e. The van der Waals surface area contributed by atoms with E-state index in [0.717, 1.165) is 58.2 Å². The van der Waals surface area contributed by atoms with Crippen LogP contribution in [-0.4, -0.2) is 46.5 Å². The molecule has 0 radical (unpaired) electrons. The number of hydrogen-bond acceptors (Lipinski definition) is 5. The predicted octanol–water partition coefficient (Wildman–Crippen LogP) is 4.81. The number of benzene rings is 1. The summed E-state index contributed by atoms with van der Waals surface area (Å²) in [5, 5.41) is 5.19. The van der Waals surface area contributed by atoms with E-state index in [-0.39, 0.29) is 5.91 Å². The summed E-state index contributed by atoms with van der Waals surface area (Å²) in [6.07, 6.45) is 2.78. The van der Waals surface area contributed by atoms with Crippen LogP contribution in [0.5, 0.6) is 0 Å². The topological polar surface area (TPSA) is 58.1 Å². The third kappa shape index (κ3) is 4.65.